The highest BCUT2D eigenvalue weighted by molar-refractivity contribution is 5.89. The van der Waals surface area contributed by atoms with Crippen molar-refractivity contribution in [1.82, 2.24) is 14.7 Å². The van der Waals surface area contributed by atoms with E-state index in [0.29, 0.717) is 13.0 Å². The molecule has 132 valence electrons. The van der Waals surface area contributed by atoms with Crippen molar-refractivity contribution < 1.29 is 19.1 Å². The number of esters is 1. The summed E-state index contributed by atoms with van der Waals surface area (Å²) in [6.07, 6.45) is 0.175. The molecule has 2 aromatic rings. The third-order valence-corrected chi connectivity index (χ3v) is 4.24. The summed E-state index contributed by atoms with van der Waals surface area (Å²) in [7, 11) is 1.35. The second kappa shape index (κ2) is 6.96. The Balaban J connectivity index is 2.05. The van der Waals surface area contributed by atoms with Crippen LogP contribution < -0.4 is 0 Å². The van der Waals surface area contributed by atoms with Crippen molar-refractivity contribution in [2.24, 2.45) is 0 Å². The van der Waals surface area contributed by atoms with Gasteiger partial charge >= 0.3 is 12.1 Å². The van der Waals surface area contributed by atoms with Crippen LogP contribution in [0.25, 0.3) is 5.69 Å². The van der Waals surface area contributed by atoms with Gasteiger partial charge in [-0.05, 0) is 26.0 Å². The average molecular weight is 343 g/mol. The van der Waals surface area contributed by atoms with Gasteiger partial charge in [-0.15, -0.1) is 0 Å². The highest BCUT2D eigenvalue weighted by Crippen LogP contribution is 2.26. The van der Waals surface area contributed by atoms with Crippen LogP contribution in [0, 0.1) is 6.92 Å². The second-order valence-electron chi connectivity index (χ2n) is 5.88. The predicted octanol–water partition coefficient (Wildman–Crippen LogP) is 2.48. The Morgan fingerprint density at radius 3 is 2.60 bits per heavy atom. The van der Waals surface area contributed by atoms with Crippen LogP contribution in [0.3, 0.4) is 0 Å². The van der Waals surface area contributed by atoms with Crippen LogP contribution in [-0.2, 0) is 22.4 Å². The highest BCUT2D eigenvalue weighted by atomic mass is 16.5. The summed E-state index contributed by atoms with van der Waals surface area (Å²) in [5, 5.41) is 4.49. The maximum absolute atomic E-state index is 12.3. The molecule has 0 aliphatic carbocycles. The van der Waals surface area contributed by atoms with Gasteiger partial charge in [-0.1, -0.05) is 17.7 Å². The van der Waals surface area contributed by atoms with E-state index in [1.807, 2.05) is 31.2 Å². The molecule has 1 aromatic carbocycles. The Morgan fingerprint density at radius 1 is 1.24 bits per heavy atom. The fourth-order valence-electron chi connectivity index (χ4n) is 2.97. The smallest absolute Gasteiger partial charge is 0.409 e. The van der Waals surface area contributed by atoms with Gasteiger partial charge in [0.1, 0.15) is 0 Å². The average Bonchev–Trinajstić information content (AvgIpc) is 3.01. The van der Waals surface area contributed by atoms with Crippen LogP contribution in [0.1, 0.15) is 34.2 Å². The summed E-state index contributed by atoms with van der Waals surface area (Å²) in [6, 6.07) is 7.92. The second-order valence-corrected chi connectivity index (χ2v) is 5.88. The van der Waals surface area contributed by atoms with E-state index in [1.165, 1.54) is 7.11 Å². The van der Waals surface area contributed by atoms with Crippen molar-refractivity contribution in [3.63, 3.8) is 0 Å². The third-order valence-electron chi connectivity index (χ3n) is 4.24. The standard InChI is InChI=1S/C18H21N3O4/c1-4-25-17(22)16-14-11-20(18(23)24-3)10-9-15(14)21(19-16)13-7-5-12(2)6-8-13/h5-8H,4,9-11H2,1-3H3. The minimum absolute atomic E-state index is 0.256. The van der Waals surface area contributed by atoms with E-state index in [-0.39, 0.29) is 18.8 Å². The molecule has 0 bridgehead atoms. The van der Waals surface area contributed by atoms with E-state index in [0.717, 1.165) is 22.5 Å². The van der Waals surface area contributed by atoms with Crippen molar-refractivity contribution in [2.75, 3.05) is 20.3 Å². The number of nitrogens with zero attached hydrogens (tertiary/aromatic N) is 3. The van der Waals surface area contributed by atoms with Crippen LogP contribution in [0.2, 0.25) is 0 Å². The third kappa shape index (κ3) is 3.22. The lowest BCUT2D eigenvalue weighted by Crippen LogP contribution is -2.36. The highest BCUT2D eigenvalue weighted by Gasteiger charge is 2.31. The molecular formula is C18H21N3O4. The Labute approximate surface area is 146 Å². The molecule has 1 aliphatic rings. The summed E-state index contributed by atoms with van der Waals surface area (Å²) in [5.74, 6) is -0.476. The van der Waals surface area contributed by atoms with E-state index >= 15 is 0 Å². The van der Waals surface area contributed by atoms with E-state index in [1.54, 1.807) is 16.5 Å². The monoisotopic (exact) mass is 343 g/mol. The lowest BCUT2D eigenvalue weighted by molar-refractivity contribution is 0.0515. The number of carbonyl (C=O) groups is 2. The zero-order chi connectivity index (χ0) is 18.0. The van der Waals surface area contributed by atoms with Gasteiger partial charge < -0.3 is 14.4 Å². The number of fused-ring (bicyclic) bond motifs is 1. The molecule has 25 heavy (non-hydrogen) atoms. The molecule has 0 N–H and O–H groups in total. The van der Waals surface area contributed by atoms with Crippen LogP contribution >= 0.6 is 0 Å². The van der Waals surface area contributed by atoms with Crippen LogP contribution in [0.5, 0.6) is 0 Å². The Hall–Kier alpha value is -2.83. The number of ether oxygens (including phenoxy) is 2. The largest absolute Gasteiger partial charge is 0.461 e. The minimum atomic E-state index is -0.476. The first kappa shape index (κ1) is 17.0. The number of aryl methyl sites for hydroxylation is 1. The lowest BCUT2D eigenvalue weighted by Gasteiger charge is -2.26. The fraction of sp³-hybridized carbons (Fsp3) is 0.389. The summed E-state index contributed by atoms with van der Waals surface area (Å²) in [6.45, 7) is 4.83. The van der Waals surface area contributed by atoms with E-state index in [2.05, 4.69) is 5.10 Å². The quantitative estimate of drug-likeness (QED) is 0.801. The van der Waals surface area contributed by atoms with Crippen molar-refractivity contribution in [3.05, 3.63) is 46.8 Å². The molecule has 0 saturated carbocycles. The van der Waals surface area contributed by atoms with E-state index in [4.69, 9.17) is 9.47 Å². The van der Waals surface area contributed by atoms with E-state index < -0.39 is 12.1 Å². The molecule has 1 aromatic heterocycles. The van der Waals surface area contributed by atoms with Crippen LogP contribution in [0.15, 0.2) is 24.3 Å². The molecule has 0 saturated heterocycles. The minimum Gasteiger partial charge on any atom is -0.461 e. The van der Waals surface area contributed by atoms with Gasteiger partial charge in [0.05, 0.1) is 31.6 Å². The molecule has 0 fully saturated rings. The molecule has 1 amide bonds. The predicted molar refractivity (Wildman–Crippen MR) is 90.8 cm³/mol. The van der Waals surface area contributed by atoms with Gasteiger partial charge in [-0.25, -0.2) is 14.3 Å². The molecule has 0 unspecified atom stereocenters. The van der Waals surface area contributed by atoms with Gasteiger partial charge in [0.2, 0.25) is 0 Å². The normalized spacial score (nSPS) is 13.3. The fourth-order valence-corrected chi connectivity index (χ4v) is 2.97. The number of rotatable bonds is 3. The number of carbonyl (C=O) groups excluding carboxylic acids is 2. The zero-order valence-electron chi connectivity index (χ0n) is 14.6. The van der Waals surface area contributed by atoms with Gasteiger partial charge in [-0.2, -0.15) is 5.10 Å². The maximum atomic E-state index is 12.3. The van der Waals surface area contributed by atoms with Gasteiger partial charge in [0.15, 0.2) is 5.69 Å². The Morgan fingerprint density at radius 2 is 1.96 bits per heavy atom. The summed E-state index contributed by atoms with van der Waals surface area (Å²) in [4.78, 5) is 25.7. The molecule has 7 nitrogen and oxygen atoms in total. The van der Waals surface area contributed by atoms with Crippen LogP contribution in [-0.4, -0.2) is 47.0 Å². The molecule has 0 spiro atoms. The van der Waals surface area contributed by atoms with Gasteiger partial charge in [0.25, 0.3) is 0 Å². The molecule has 0 radical (unpaired) electrons. The van der Waals surface area contributed by atoms with Gasteiger partial charge in [-0.3, -0.25) is 0 Å². The first-order valence-corrected chi connectivity index (χ1v) is 8.23. The van der Waals surface area contributed by atoms with Crippen molar-refractivity contribution in [1.29, 1.82) is 0 Å². The van der Waals surface area contributed by atoms with Crippen molar-refractivity contribution >= 4 is 12.1 Å². The Bertz CT molecular complexity index is 795. The first-order chi connectivity index (χ1) is 12.0. The number of aromatic nitrogens is 2. The number of methoxy groups -OCH3 is 1. The van der Waals surface area contributed by atoms with E-state index in [9.17, 15) is 9.59 Å². The molecule has 2 heterocycles. The zero-order valence-corrected chi connectivity index (χ0v) is 14.6. The molecule has 7 heteroatoms. The number of hydrogen-bond donors (Lipinski definition) is 0. The lowest BCUT2D eigenvalue weighted by atomic mass is 10.1. The van der Waals surface area contributed by atoms with Gasteiger partial charge in [0, 0.05) is 18.5 Å². The van der Waals surface area contributed by atoms with Crippen molar-refractivity contribution in [3.8, 4) is 5.69 Å². The van der Waals surface area contributed by atoms with Crippen molar-refractivity contribution in [2.45, 2.75) is 26.8 Å². The van der Waals surface area contributed by atoms with Crippen LogP contribution in [0.4, 0.5) is 4.79 Å². The Kier molecular flexibility index (Phi) is 4.74. The molecule has 0 atom stereocenters. The topological polar surface area (TPSA) is 73.7 Å². The number of hydrogen-bond acceptors (Lipinski definition) is 5. The summed E-state index contributed by atoms with van der Waals surface area (Å²) < 4.78 is 11.7. The maximum Gasteiger partial charge on any atom is 0.409 e. The number of benzene rings is 1. The number of amides is 1. The SMILES string of the molecule is CCOC(=O)c1nn(-c2ccc(C)cc2)c2c1CN(C(=O)OC)CC2. The first-order valence-electron chi connectivity index (χ1n) is 8.23. The molecule has 1 aliphatic heterocycles. The molecule has 3 rings (SSSR count). The molecular weight excluding hydrogens is 322 g/mol. The summed E-state index contributed by atoms with van der Waals surface area (Å²) in [5.41, 5.74) is 3.92. The summed E-state index contributed by atoms with van der Waals surface area (Å²) >= 11 is 0.